The third kappa shape index (κ3) is 2.41. The van der Waals surface area contributed by atoms with Crippen molar-refractivity contribution in [3.63, 3.8) is 0 Å². The maximum absolute atomic E-state index is 9.64. The number of hydrogen-bond donors (Lipinski definition) is 2. The average Bonchev–Trinajstić information content (AvgIpc) is 2.28. The van der Waals surface area contributed by atoms with Crippen molar-refractivity contribution in [2.75, 3.05) is 30.4 Å². The molecule has 2 rings (SSSR count). The summed E-state index contributed by atoms with van der Waals surface area (Å²) in [6.45, 7) is 3.50. The molecule has 0 saturated carbocycles. The zero-order valence-corrected chi connectivity index (χ0v) is 9.77. The van der Waals surface area contributed by atoms with Gasteiger partial charge in [-0.25, -0.2) is 9.97 Å². The molecule has 0 amide bonds. The van der Waals surface area contributed by atoms with Crippen LogP contribution in [0.4, 0.5) is 11.6 Å². The van der Waals surface area contributed by atoms with E-state index in [0.717, 1.165) is 36.8 Å². The predicted molar refractivity (Wildman–Crippen MR) is 63.8 cm³/mol. The van der Waals surface area contributed by atoms with Crippen LogP contribution in [0.5, 0.6) is 0 Å². The van der Waals surface area contributed by atoms with E-state index in [1.54, 1.807) is 0 Å². The van der Waals surface area contributed by atoms with Crippen LogP contribution in [-0.4, -0.2) is 41.3 Å². The highest BCUT2D eigenvalue weighted by Gasteiger charge is 2.19. The highest BCUT2D eigenvalue weighted by molar-refractivity contribution is 5.49. The first-order valence-electron chi connectivity index (χ1n) is 5.65. The second kappa shape index (κ2) is 4.65. The molecule has 1 atom stereocenters. The summed E-state index contributed by atoms with van der Waals surface area (Å²) in [5, 5.41) is 12.7. The molecule has 1 saturated heterocycles. The van der Waals surface area contributed by atoms with Crippen molar-refractivity contribution < 1.29 is 5.11 Å². The minimum absolute atomic E-state index is 0.234. The maximum Gasteiger partial charge on any atom is 0.134 e. The van der Waals surface area contributed by atoms with E-state index in [0.29, 0.717) is 6.54 Å². The van der Waals surface area contributed by atoms with E-state index in [-0.39, 0.29) is 6.10 Å². The zero-order valence-electron chi connectivity index (χ0n) is 9.77. The van der Waals surface area contributed by atoms with Crippen LogP contribution < -0.4 is 10.2 Å². The summed E-state index contributed by atoms with van der Waals surface area (Å²) in [5.41, 5.74) is 0. The Balaban J connectivity index is 2.21. The Hall–Kier alpha value is -1.36. The molecule has 1 aromatic heterocycles. The fraction of sp³-hybridized carbons (Fsp3) is 0.636. The summed E-state index contributed by atoms with van der Waals surface area (Å²) in [4.78, 5) is 10.8. The molecule has 0 radical (unpaired) electrons. The largest absolute Gasteiger partial charge is 0.391 e. The molecule has 0 aromatic carbocycles. The lowest BCUT2D eigenvalue weighted by atomic mass is 10.1. The second-order valence-corrected chi connectivity index (χ2v) is 4.15. The summed E-state index contributed by atoms with van der Waals surface area (Å²) in [5.74, 6) is 2.47. The Kier molecular flexibility index (Phi) is 3.24. The maximum atomic E-state index is 9.64. The molecular weight excluding hydrogens is 204 g/mol. The smallest absolute Gasteiger partial charge is 0.134 e. The number of aliphatic hydroxyl groups is 1. The Morgan fingerprint density at radius 1 is 1.50 bits per heavy atom. The first-order valence-corrected chi connectivity index (χ1v) is 5.65. The highest BCUT2D eigenvalue weighted by Crippen LogP contribution is 2.20. The number of nitrogens with zero attached hydrogens (tertiary/aromatic N) is 3. The van der Waals surface area contributed by atoms with Crippen molar-refractivity contribution in [2.24, 2.45) is 0 Å². The minimum Gasteiger partial charge on any atom is -0.391 e. The average molecular weight is 222 g/mol. The van der Waals surface area contributed by atoms with E-state index in [9.17, 15) is 5.11 Å². The van der Waals surface area contributed by atoms with Crippen LogP contribution in [-0.2, 0) is 0 Å². The Bertz CT molecular complexity index is 369. The molecule has 1 aliphatic heterocycles. The molecule has 16 heavy (non-hydrogen) atoms. The number of aromatic nitrogens is 2. The molecule has 1 unspecified atom stereocenters. The first kappa shape index (κ1) is 11.1. The van der Waals surface area contributed by atoms with Gasteiger partial charge < -0.3 is 15.3 Å². The Morgan fingerprint density at radius 2 is 2.31 bits per heavy atom. The molecule has 5 heteroatoms. The van der Waals surface area contributed by atoms with Crippen LogP contribution in [0.15, 0.2) is 6.07 Å². The number of β-amino-alcohol motifs (C(OH)–C–C–N with tert-alkyl or cyclic N) is 1. The van der Waals surface area contributed by atoms with Crippen LogP contribution >= 0.6 is 0 Å². The normalized spacial score (nSPS) is 20.9. The van der Waals surface area contributed by atoms with Crippen LogP contribution in [0.1, 0.15) is 18.7 Å². The van der Waals surface area contributed by atoms with Gasteiger partial charge in [0, 0.05) is 26.2 Å². The number of piperidine rings is 1. The fourth-order valence-corrected chi connectivity index (χ4v) is 2.00. The van der Waals surface area contributed by atoms with Crippen molar-refractivity contribution in [1.82, 2.24) is 9.97 Å². The Morgan fingerprint density at radius 3 is 3.00 bits per heavy atom. The van der Waals surface area contributed by atoms with Gasteiger partial charge in [-0.1, -0.05) is 0 Å². The SMILES string of the molecule is CNc1cc(N2CCCC(O)C2)nc(C)n1. The lowest BCUT2D eigenvalue weighted by molar-refractivity contribution is 0.154. The first-order chi connectivity index (χ1) is 7.69. The summed E-state index contributed by atoms with van der Waals surface area (Å²) >= 11 is 0. The summed E-state index contributed by atoms with van der Waals surface area (Å²) in [7, 11) is 1.84. The number of nitrogens with one attached hydrogen (secondary N) is 1. The summed E-state index contributed by atoms with van der Waals surface area (Å²) < 4.78 is 0. The van der Waals surface area contributed by atoms with E-state index in [2.05, 4.69) is 20.2 Å². The number of aliphatic hydroxyl groups excluding tert-OH is 1. The van der Waals surface area contributed by atoms with Gasteiger partial charge >= 0.3 is 0 Å². The molecule has 5 nitrogen and oxygen atoms in total. The number of aryl methyl sites for hydroxylation is 1. The molecule has 88 valence electrons. The van der Waals surface area contributed by atoms with E-state index >= 15 is 0 Å². The van der Waals surface area contributed by atoms with Crippen LogP contribution in [0.25, 0.3) is 0 Å². The molecule has 2 heterocycles. The van der Waals surface area contributed by atoms with Gasteiger partial charge in [0.15, 0.2) is 0 Å². The van der Waals surface area contributed by atoms with E-state index in [4.69, 9.17) is 0 Å². The molecule has 2 N–H and O–H groups in total. The van der Waals surface area contributed by atoms with Crippen LogP contribution in [0, 0.1) is 6.92 Å². The van der Waals surface area contributed by atoms with E-state index < -0.39 is 0 Å². The molecule has 0 bridgehead atoms. The summed E-state index contributed by atoms with van der Waals surface area (Å²) in [6, 6.07) is 1.92. The quantitative estimate of drug-likeness (QED) is 0.774. The molecule has 1 fully saturated rings. The van der Waals surface area contributed by atoms with Gasteiger partial charge in [-0.15, -0.1) is 0 Å². The monoisotopic (exact) mass is 222 g/mol. The molecule has 0 spiro atoms. The van der Waals surface area contributed by atoms with Gasteiger partial charge in [0.25, 0.3) is 0 Å². The minimum atomic E-state index is -0.234. The van der Waals surface area contributed by atoms with Gasteiger partial charge in [0.2, 0.25) is 0 Å². The molecular formula is C11H18N4O. The lowest BCUT2D eigenvalue weighted by Crippen LogP contribution is -2.38. The fourth-order valence-electron chi connectivity index (χ4n) is 2.00. The van der Waals surface area contributed by atoms with Crippen molar-refractivity contribution in [3.8, 4) is 0 Å². The number of anilines is 2. The zero-order chi connectivity index (χ0) is 11.5. The lowest BCUT2D eigenvalue weighted by Gasteiger charge is -2.31. The highest BCUT2D eigenvalue weighted by atomic mass is 16.3. The van der Waals surface area contributed by atoms with Gasteiger partial charge in [-0.05, 0) is 19.8 Å². The van der Waals surface area contributed by atoms with Crippen molar-refractivity contribution in [3.05, 3.63) is 11.9 Å². The topological polar surface area (TPSA) is 61.3 Å². The van der Waals surface area contributed by atoms with Gasteiger partial charge in [-0.2, -0.15) is 0 Å². The van der Waals surface area contributed by atoms with Gasteiger partial charge in [0.05, 0.1) is 6.10 Å². The third-order valence-electron chi connectivity index (χ3n) is 2.80. The van der Waals surface area contributed by atoms with Crippen LogP contribution in [0.2, 0.25) is 0 Å². The predicted octanol–water partition coefficient (Wildman–Crippen LogP) is 0.788. The van der Waals surface area contributed by atoms with E-state index in [1.807, 2.05) is 20.0 Å². The Labute approximate surface area is 95.5 Å². The van der Waals surface area contributed by atoms with Crippen molar-refractivity contribution >= 4 is 11.6 Å². The van der Waals surface area contributed by atoms with Crippen molar-refractivity contribution in [1.29, 1.82) is 0 Å². The standard InChI is InChI=1S/C11H18N4O/c1-8-13-10(12-2)6-11(14-8)15-5-3-4-9(16)7-15/h6,9,16H,3-5,7H2,1-2H3,(H,12,13,14). The van der Waals surface area contributed by atoms with E-state index in [1.165, 1.54) is 0 Å². The van der Waals surface area contributed by atoms with Crippen molar-refractivity contribution in [2.45, 2.75) is 25.9 Å². The third-order valence-corrected chi connectivity index (χ3v) is 2.80. The van der Waals surface area contributed by atoms with Crippen LogP contribution in [0.3, 0.4) is 0 Å². The molecule has 0 aliphatic carbocycles. The second-order valence-electron chi connectivity index (χ2n) is 4.15. The molecule has 1 aromatic rings. The van der Waals surface area contributed by atoms with Gasteiger partial charge in [0.1, 0.15) is 17.5 Å². The number of hydrogen-bond acceptors (Lipinski definition) is 5. The molecule has 1 aliphatic rings. The summed E-state index contributed by atoms with van der Waals surface area (Å²) in [6.07, 6.45) is 1.67. The van der Waals surface area contributed by atoms with Gasteiger partial charge in [-0.3, -0.25) is 0 Å². The number of rotatable bonds is 2.